The van der Waals surface area contributed by atoms with Crippen molar-refractivity contribution in [1.82, 2.24) is 0 Å². The molecule has 0 bridgehead atoms. The molecule has 11 heavy (non-hydrogen) atoms. The monoisotopic (exact) mass is 161 g/mol. The molecule has 0 aromatic carbocycles. The summed E-state index contributed by atoms with van der Waals surface area (Å²) in [5.74, 6) is -2.51. The van der Waals surface area contributed by atoms with E-state index in [1.54, 1.807) is 13.8 Å². The first-order valence-corrected chi connectivity index (χ1v) is 3.48. The smallest absolute Gasteiger partial charge is 0.321 e. The summed E-state index contributed by atoms with van der Waals surface area (Å²) >= 11 is 0. The Morgan fingerprint density at radius 1 is 1.09 bits per heavy atom. The number of hydrogen-bond acceptors (Lipinski definition) is 2. The lowest BCUT2D eigenvalue weighted by Crippen LogP contribution is -2.38. The van der Waals surface area contributed by atoms with Gasteiger partial charge >= 0.3 is 11.9 Å². The number of carboxylic acid groups (broad SMARTS) is 2. The zero-order valence-corrected chi connectivity index (χ0v) is 6.63. The Morgan fingerprint density at radius 3 is 1.36 bits per heavy atom. The highest BCUT2D eigenvalue weighted by Crippen LogP contribution is 2.26. The van der Waals surface area contributed by atoms with Crippen molar-refractivity contribution in [2.75, 3.05) is 0 Å². The fourth-order valence-corrected chi connectivity index (χ4v) is 0.946. The molecule has 0 rings (SSSR count). The highest BCUT2D eigenvalue weighted by molar-refractivity contribution is 5.98. The minimum atomic E-state index is -1.58. The Kier molecular flexibility index (Phi) is 3.04. The quantitative estimate of drug-likeness (QED) is 0.475. The van der Waals surface area contributed by atoms with Gasteiger partial charge in [-0.05, 0) is 12.8 Å². The first kappa shape index (κ1) is 9.94. The number of carbonyl (C=O) groups is 2. The van der Waals surface area contributed by atoms with Gasteiger partial charge in [-0.2, -0.15) is 0 Å². The second-order valence-electron chi connectivity index (χ2n) is 2.40. The van der Waals surface area contributed by atoms with Crippen LogP contribution in [0.4, 0.5) is 0 Å². The van der Waals surface area contributed by atoms with Crippen molar-refractivity contribution in [1.29, 1.82) is 0 Å². The molecule has 4 heteroatoms. The highest BCUT2D eigenvalue weighted by atomic mass is 16.4. The number of aliphatic carboxylic acids is 2. The molecule has 0 aromatic rings. The van der Waals surface area contributed by atoms with Crippen molar-refractivity contribution in [2.24, 2.45) is 5.41 Å². The molecular formula is C7H12O4. The van der Waals surface area contributed by atoms with Crippen LogP contribution in [0.1, 0.15) is 26.7 Å². The van der Waals surface area contributed by atoms with Crippen molar-refractivity contribution in [3.63, 3.8) is 0 Å². The van der Waals surface area contributed by atoms with E-state index in [1.165, 1.54) is 0 Å². The van der Waals surface area contributed by atoms with Crippen LogP contribution in [0.2, 0.25) is 0 Å². The van der Waals surface area contributed by atoms with E-state index in [0.717, 1.165) is 0 Å². The van der Waals surface area contributed by atoms with Crippen LogP contribution in [0.5, 0.6) is 0 Å². The molecule has 0 saturated heterocycles. The van der Waals surface area contributed by atoms with Gasteiger partial charge in [0.1, 0.15) is 0 Å². The maximum absolute atomic E-state index is 10.5. The highest BCUT2D eigenvalue weighted by Gasteiger charge is 2.42. The summed E-state index contributed by atoms with van der Waals surface area (Å²) in [5, 5.41) is 17.2. The molecule has 4 nitrogen and oxygen atoms in total. The van der Waals surface area contributed by atoms with Gasteiger partial charge < -0.3 is 10.2 Å². The van der Waals surface area contributed by atoms with E-state index in [4.69, 9.17) is 10.2 Å². The third kappa shape index (κ3) is 1.50. The molecule has 0 amide bonds. The summed E-state index contributed by atoms with van der Waals surface area (Å²) in [6.07, 6.45) is 0.238. The van der Waals surface area contributed by atoms with Crippen molar-refractivity contribution >= 4 is 11.9 Å². The summed E-state index contributed by atoms with van der Waals surface area (Å²) in [5.41, 5.74) is -1.58. The topological polar surface area (TPSA) is 74.6 Å². The lowest BCUT2D eigenvalue weighted by atomic mass is 10.2. The number of hydrogen-bond donors (Lipinski definition) is 2. The van der Waals surface area contributed by atoms with Crippen LogP contribution in [0.3, 0.4) is 0 Å². The third-order valence-electron chi connectivity index (χ3n) is 2.03. The van der Waals surface area contributed by atoms with Crippen LogP contribution >= 0.6 is 0 Å². The lowest BCUT2D eigenvalue weighted by molar-refractivity contribution is -0.165. The first-order valence-electron chi connectivity index (χ1n) is 3.48. The van der Waals surface area contributed by atoms with Crippen LogP contribution in [-0.2, 0) is 9.59 Å². The summed E-state index contributed by atoms with van der Waals surface area (Å²) < 4.78 is 0. The Bertz CT molecular complexity index is 153. The van der Waals surface area contributed by atoms with E-state index in [9.17, 15) is 9.59 Å². The Labute approximate surface area is 64.8 Å². The Morgan fingerprint density at radius 2 is 1.36 bits per heavy atom. The SMILES string of the molecule is CC[13C](CC)(C(=O)O)C(=O)O. The fraction of sp³-hybridized carbons (Fsp3) is 0.714. The maximum atomic E-state index is 10.5. The van der Waals surface area contributed by atoms with Crippen LogP contribution < -0.4 is 0 Å². The molecule has 64 valence electrons. The molecule has 0 aromatic heterocycles. The molecule has 2 N–H and O–H groups in total. The largest absolute Gasteiger partial charge is 0.480 e. The fourth-order valence-electron chi connectivity index (χ4n) is 0.946. The van der Waals surface area contributed by atoms with Gasteiger partial charge in [-0.15, -0.1) is 0 Å². The molecule has 0 spiro atoms. The van der Waals surface area contributed by atoms with Gasteiger partial charge in [0.05, 0.1) is 0 Å². The molecule has 0 heterocycles. The summed E-state index contributed by atoms with van der Waals surface area (Å²) in [4.78, 5) is 21.1. The van der Waals surface area contributed by atoms with Gasteiger partial charge in [-0.1, -0.05) is 13.8 Å². The molecule has 0 aliphatic rings. The van der Waals surface area contributed by atoms with Crippen LogP contribution in [0, 0.1) is 5.41 Å². The normalized spacial score (nSPS) is 11.1. The summed E-state index contributed by atoms with van der Waals surface area (Å²) in [6, 6.07) is 0. The molecule has 0 aliphatic heterocycles. The predicted molar refractivity (Wildman–Crippen MR) is 38.3 cm³/mol. The second kappa shape index (κ2) is 3.37. The minimum absolute atomic E-state index is 0.119. The third-order valence-corrected chi connectivity index (χ3v) is 2.03. The van der Waals surface area contributed by atoms with Gasteiger partial charge in [0.2, 0.25) is 0 Å². The maximum Gasteiger partial charge on any atom is 0.321 e. The van der Waals surface area contributed by atoms with Gasteiger partial charge in [-0.3, -0.25) is 9.59 Å². The van der Waals surface area contributed by atoms with Crippen LogP contribution in [0.15, 0.2) is 0 Å². The Balaban J connectivity index is 4.76. The standard InChI is InChI=1S/C7H12O4/c1-3-7(4-2,5(8)9)6(10)11/h3-4H2,1-2H3,(H,8,9)(H,10,11)/i7+1. The molecule has 0 atom stereocenters. The Hall–Kier alpha value is -1.06. The lowest BCUT2D eigenvalue weighted by Gasteiger charge is -2.20. The van der Waals surface area contributed by atoms with Gasteiger partial charge in [0, 0.05) is 0 Å². The summed E-state index contributed by atoms with van der Waals surface area (Å²) in [7, 11) is 0. The van der Waals surface area contributed by atoms with Crippen molar-refractivity contribution in [3.05, 3.63) is 0 Å². The molecule has 0 fully saturated rings. The molecule has 0 unspecified atom stereocenters. The molecule has 0 radical (unpaired) electrons. The van der Waals surface area contributed by atoms with Crippen molar-refractivity contribution in [2.45, 2.75) is 26.7 Å². The van der Waals surface area contributed by atoms with Gasteiger partial charge in [0.25, 0.3) is 0 Å². The second-order valence-corrected chi connectivity index (χ2v) is 2.40. The predicted octanol–water partition coefficient (Wildman–Crippen LogP) is 0.962. The van der Waals surface area contributed by atoms with E-state index < -0.39 is 17.4 Å². The summed E-state index contributed by atoms with van der Waals surface area (Å²) in [6.45, 7) is 3.12. The van der Waals surface area contributed by atoms with Gasteiger partial charge in [0.15, 0.2) is 5.41 Å². The van der Waals surface area contributed by atoms with E-state index in [-0.39, 0.29) is 12.8 Å². The zero-order valence-electron chi connectivity index (χ0n) is 6.63. The van der Waals surface area contributed by atoms with E-state index in [2.05, 4.69) is 0 Å². The van der Waals surface area contributed by atoms with Crippen LogP contribution in [0.25, 0.3) is 0 Å². The van der Waals surface area contributed by atoms with Gasteiger partial charge in [-0.25, -0.2) is 0 Å². The average molecular weight is 161 g/mol. The van der Waals surface area contributed by atoms with Crippen LogP contribution in [-0.4, -0.2) is 22.2 Å². The van der Waals surface area contributed by atoms with E-state index in [1.807, 2.05) is 0 Å². The minimum Gasteiger partial charge on any atom is -0.480 e. The molecular weight excluding hydrogens is 149 g/mol. The zero-order chi connectivity index (χ0) is 9.07. The first-order chi connectivity index (χ1) is 5.01. The molecule has 0 saturated carbocycles. The number of carboxylic acids is 2. The van der Waals surface area contributed by atoms with E-state index in [0.29, 0.717) is 0 Å². The average Bonchev–Trinajstić information content (AvgIpc) is 1.90. The van der Waals surface area contributed by atoms with Crippen molar-refractivity contribution < 1.29 is 19.8 Å². The van der Waals surface area contributed by atoms with E-state index >= 15 is 0 Å². The van der Waals surface area contributed by atoms with Crippen molar-refractivity contribution in [3.8, 4) is 0 Å². The molecule has 0 aliphatic carbocycles. The number of rotatable bonds is 4.